The maximum absolute atomic E-state index is 10.4. The lowest BCUT2D eigenvalue weighted by molar-refractivity contribution is 0.112. The first-order chi connectivity index (χ1) is 5.90. The van der Waals surface area contributed by atoms with E-state index in [-0.39, 0.29) is 0 Å². The normalized spacial score (nSPS) is 10.0. The minimum absolute atomic E-state index is 0.748. The third-order valence-corrected chi connectivity index (χ3v) is 3.05. The molecule has 2 nitrogen and oxygen atoms in total. The summed E-state index contributed by atoms with van der Waals surface area (Å²) in [5.41, 5.74) is 2.74. The third kappa shape index (κ3) is 1.31. The van der Waals surface area contributed by atoms with Crippen LogP contribution < -0.4 is 0 Å². The first-order valence-electron chi connectivity index (χ1n) is 3.34. The summed E-state index contributed by atoms with van der Waals surface area (Å²) in [6.07, 6.45) is 0.862. The number of carbonyl (C=O) groups excluding carboxylic acids is 1. The molecule has 60 valence electrons. The summed E-state index contributed by atoms with van der Waals surface area (Å²) >= 11 is 3.03. The van der Waals surface area contributed by atoms with Crippen molar-refractivity contribution in [2.75, 3.05) is 0 Å². The van der Waals surface area contributed by atoms with E-state index in [1.165, 1.54) is 11.3 Å². The monoisotopic (exact) mass is 195 g/mol. The zero-order valence-electron chi connectivity index (χ0n) is 6.06. The molecule has 0 radical (unpaired) electrons. The maximum Gasteiger partial charge on any atom is 0.160 e. The fourth-order valence-electron chi connectivity index (χ4n) is 0.888. The first-order valence-corrected chi connectivity index (χ1v) is 5.09. The molecule has 0 N–H and O–H groups in total. The topological polar surface area (TPSA) is 30.0 Å². The molecule has 2 aromatic heterocycles. The Labute approximate surface area is 77.5 Å². The molecule has 0 saturated carbocycles. The minimum atomic E-state index is 0.748. The molecule has 0 bridgehead atoms. The molecule has 0 amide bonds. The Morgan fingerprint density at radius 2 is 2.33 bits per heavy atom. The van der Waals surface area contributed by atoms with Gasteiger partial charge in [-0.1, -0.05) is 0 Å². The van der Waals surface area contributed by atoms with E-state index in [9.17, 15) is 4.79 Å². The highest BCUT2D eigenvalue weighted by Crippen LogP contribution is 2.26. The van der Waals surface area contributed by atoms with Gasteiger partial charge in [0.25, 0.3) is 0 Å². The molecule has 4 heteroatoms. The largest absolute Gasteiger partial charge is 0.297 e. The van der Waals surface area contributed by atoms with Gasteiger partial charge in [-0.2, -0.15) is 0 Å². The van der Waals surface area contributed by atoms with Crippen LogP contribution in [0.25, 0.3) is 10.6 Å². The molecule has 0 aliphatic heterocycles. The number of thiophene rings is 1. The Kier molecular flexibility index (Phi) is 2.01. The zero-order chi connectivity index (χ0) is 8.39. The zero-order valence-corrected chi connectivity index (χ0v) is 7.69. The quantitative estimate of drug-likeness (QED) is 0.689. The van der Waals surface area contributed by atoms with Crippen LogP contribution in [0.5, 0.6) is 0 Å². The molecule has 0 aromatic carbocycles. The molecule has 2 rings (SSSR count). The van der Waals surface area contributed by atoms with Crippen molar-refractivity contribution in [3.63, 3.8) is 0 Å². The second-order valence-corrected chi connectivity index (χ2v) is 4.03. The molecule has 0 aliphatic carbocycles. The number of thiazole rings is 1. The van der Waals surface area contributed by atoms with Crippen molar-refractivity contribution < 1.29 is 4.79 Å². The molecular weight excluding hydrogens is 190 g/mol. The summed E-state index contributed by atoms with van der Waals surface area (Å²) in [4.78, 5) is 16.3. The average Bonchev–Trinajstić information content (AvgIpc) is 2.75. The summed E-state index contributed by atoms with van der Waals surface area (Å²) in [7, 11) is 0. The average molecular weight is 195 g/mol. The number of nitrogens with zero attached hydrogens (tertiary/aromatic N) is 1. The van der Waals surface area contributed by atoms with Gasteiger partial charge in [-0.3, -0.25) is 4.79 Å². The fourth-order valence-corrected chi connectivity index (χ4v) is 2.31. The van der Waals surface area contributed by atoms with Crippen LogP contribution in [0.3, 0.4) is 0 Å². The Balaban J connectivity index is 2.41. The van der Waals surface area contributed by atoms with Crippen molar-refractivity contribution in [2.45, 2.75) is 0 Å². The number of aldehydes is 1. The molecule has 0 spiro atoms. The molecule has 0 atom stereocenters. The van der Waals surface area contributed by atoms with Gasteiger partial charge in [0.05, 0.1) is 21.0 Å². The lowest BCUT2D eigenvalue weighted by Gasteiger charge is -1.84. The van der Waals surface area contributed by atoms with Gasteiger partial charge in [-0.05, 0) is 12.1 Å². The van der Waals surface area contributed by atoms with Crippen LogP contribution in [0.2, 0.25) is 0 Å². The highest BCUT2D eigenvalue weighted by atomic mass is 32.1. The molecule has 0 unspecified atom stereocenters. The molecule has 2 heterocycles. The first kappa shape index (κ1) is 7.64. The van der Waals surface area contributed by atoms with Crippen molar-refractivity contribution in [1.82, 2.24) is 4.98 Å². The van der Waals surface area contributed by atoms with Crippen LogP contribution in [0.1, 0.15) is 9.67 Å². The van der Waals surface area contributed by atoms with Gasteiger partial charge in [-0.25, -0.2) is 4.98 Å². The smallest absolute Gasteiger partial charge is 0.160 e. The molecule has 12 heavy (non-hydrogen) atoms. The van der Waals surface area contributed by atoms with E-state index >= 15 is 0 Å². The van der Waals surface area contributed by atoms with Gasteiger partial charge < -0.3 is 0 Å². The summed E-state index contributed by atoms with van der Waals surface area (Å²) in [6, 6.07) is 3.73. The van der Waals surface area contributed by atoms with E-state index in [4.69, 9.17) is 0 Å². The predicted octanol–water partition coefficient (Wildman–Crippen LogP) is 2.68. The van der Waals surface area contributed by atoms with E-state index in [1.807, 2.05) is 17.5 Å². The van der Waals surface area contributed by atoms with Gasteiger partial charge in [0.1, 0.15) is 0 Å². The predicted molar refractivity (Wildman–Crippen MR) is 50.8 cm³/mol. The van der Waals surface area contributed by atoms with Crippen LogP contribution in [0, 0.1) is 0 Å². The minimum Gasteiger partial charge on any atom is -0.297 e. The fraction of sp³-hybridized carbons (Fsp3) is 0. The van der Waals surface area contributed by atoms with Crippen molar-refractivity contribution in [3.05, 3.63) is 27.9 Å². The Bertz CT molecular complexity index is 377. The Hall–Kier alpha value is -1.00. The maximum atomic E-state index is 10.4. The number of carbonyl (C=O) groups is 1. The van der Waals surface area contributed by atoms with E-state index in [0.717, 1.165) is 21.7 Å². The van der Waals surface area contributed by atoms with Crippen LogP contribution in [0.15, 0.2) is 23.0 Å². The van der Waals surface area contributed by atoms with Crippen molar-refractivity contribution in [1.29, 1.82) is 0 Å². The van der Waals surface area contributed by atoms with Gasteiger partial charge >= 0.3 is 0 Å². The van der Waals surface area contributed by atoms with E-state index in [2.05, 4.69) is 4.98 Å². The molecule has 2 aromatic rings. The van der Waals surface area contributed by atoms with E-state index in [1.54, 1.807) is 16.8 Å². The second kappa shape index (κ2) is 3.16. The number of rotatable bonds is 2. The molecule has 0 aliphatic rings. The van der Waals surface area contributed by atoms with Gasteiger partial charge in [0.2, 0.25) is 0 Å². The highest BCUT2D eigenvalue weighted by molar-refractivity contribution is 7.17. The molecular formula is C8H5NOS2. The lowest BCUT2D eigenvalue weighted by atomic mass is 10.4. The van der Waals surface area contributed by atoms with Gasteiger partial charge in [0.15, 0.2) is 6.29 Å². The Morgan fingerprint density at radius 3 is 2.92 bits per heavy atom. The van der Waals surface area contributed by atoms with Crippen molar-refractivity contribution >= 4 is 29.0 Å². The van der Waals surface area contributed by atoms with Crippen LogP contribution in [0.4, 0.5) is 0 Å². The van der Waals surface area contributed by atoms with E-state index in [0.29, 0.717) is 0 Å². The Morgan fingerprint density at radius 1 is 1.42 bits per heavy atom. The molecule has 0 saturated heterocycles. The summed E-state index contributed by atoms with van der Waals surface area (Å²) in [5, 5.41) is 1.97. The van der Waals surface area contributed by atoms with Crippen LogP contribution in [-0.2, 0) is 0 Å². The summed E-state index contributed by atoms with van der Waals surface area (Å²) in [5.74, 6) is 0. The summed E-state index contributed by atoms with van der Waals surface area (Å²) in [6.45, 7) is 0. The van der Waals surface area contributed by atoms with Gasteiger partial charge in [-0.15, -0.1) is 22.7 Å². The SMILES string of the molecule is O=Cc1ccc(-c2cscn2)s1. The van der Waals surface area contributed by atoms with Crippen LogP contribution in [-0.4, -0.2) is 11.3 Å². The summed E-state index contributed by atoms with van der Waals surface area (Å²) < 4.78 is 0. The molecule has 0 fully saturated rings. The van der Waals surface area contributed by atoms with Crippen molar-refractivity contribution in [3.8, 4) is 10.6 Å². The number of hydrogen-bond donors (Lipinski definition) is 0. The second-order valence-electron chi connectivity index (χ2n) is 2.19. The standard InChI is InChI=1S/C8H5NOS2/c10-3-6-1-2-8(12-6)7-4-11-5-9-7/h1-5H. The lowest BCUT2D eigenvalue weighted by Crippen LogP contribution is -1.66. The van der Waals surface area contributed by atoms with Gasteiger partial charge in [0, 0.05) is 5.38 Å². The van der Waals surface area contributed by atoms with E-state index < -0.39 is 0 Å². The van der Waals surface area contributed by atoms with Crippen LogP contribution >= 0.6 is 22.7 Å². The highest BCUT2D eigenvalue weighted by Gasteiger charge is 2.02. The number of aromatic nitrogens is 1. The third-order valence-electron chi connectivity index (χ3n) is 1.43. The van der Waals surface area contributed by atoms with Crippen molar-refractivity contribution in [2.24, 2.45) is 0 Å². The number of hydrogen-bond acceptors (Lipinski definition) is 4.